The third kappa shape index (κ3) is 5.52. The van der Waals surface area contributed by atoms with Crippen LogP contribution in [0.5, 0.6) is 0 Å². The highest BCUT2D eigenvalue weighted by atomic mass is 35.5. The molecule has 5 rings (SSSR count). The number of halogens is 2. The normalized spacial score (nSPS) is 11.7. The molecule has 0 aliphatic heterocycles. The molecule has 1 aromatic heterocycles. The number of amides is 1. The zero-order chi connectivity index (χ0) is 26.6. The van der Waals surface area contributed by atoms with Gasteiger partial charge in [-0.2, -0.15) is 0 Å². The minimum atomic E-state index is -1.06. The van der Waals surface area contributed by atoms with Crippen LogP contribution in [0.2, 0.25) is 10.0 Å². The minimum absolute atomic E-state index is 0.257. The van der Waals surface area contributed by atoms with Gasteiger partial charge in [0.25, 0.3) is 5.91 Å². The topological polar surface area (TPSA) is 81.2 Å². The molecule has 188 valence electrons. The second-order valence-electron chi connectivity index (χ2n) is 8.52. The summed E-state index contributed by atoms with van der Waals surface area (Å²) in [6.07, 6.45) is -1.06. The Labute approximate surface area is 229 Å². The fraction of sp³-hybridized carbons (Fsp3) is 0.0667. The van der Waals surface area contributed by atoms with Crippen LogP contribution < -0.4 is 5.32 Å². The van der Waals surface area contributed by atoms with Crippen LogP contribution in [0.3, 0.4) is 0 Å². The van der Waals surface area contributed by atoms with Crippen molar-refractivity contribution < 1.29 is 14.3 Å². The number of nitrogens with zero attached hydrogens (tertiary/aromatic N) is 2. The molecule has 1 atom stereocenters. The monoisotopic (exact) mass is 541 g/mol. The SMILES string of the molecule is CC(OC(=O)c1ccc2nc(-c3ccccc3)c(-c3ccccc3)nc2c1)C(=O)Nc1ccc(Cl)c(Cl)c1. The molecule has 6 nitrogen and oxygen atoms in total. The maximum Gasteiger partial charge on any atom is 0.338 e. The number of aromatic nitrogens is 2. The molecular formula is C30H21Cl2N3O3. The molecule has 0 saturated heterocycles. The summed E-state index contributed by atoms with van der Waals surface area (Å²) in [5.41, 5.74) is 5.14. The highest BCUT2D eigenvalue weighted by Gasteiger charge is 2.21. The van der Waals surface area contributed by atoms with Crippen molar-refractivity contribution in [3.63, 3.8) is 0 Å². The number of hydrogen-bond donors (Lipinski definition) is 1. The van der Waals surface area contributed by atoms with E-state index in [1.54, 1.807) is 30.3 Å². The third-order valence-electron chi connectivity index (χ3n) is 5.83. The molecule has 1 unspecified atom stereocenters. The fourth-order valence-electron chi connectivity index (χ4n) is 3.88. The van der Waals surface area contributed by atoms with Crippen molar-refractivity contribution >= 4 is 51.8 Å². The largest absolute Gasteiger partial charge is 0.449 e. The Kier molecular flexibility index (Phi) is 7.36. The van der Waals surface area contributed by atoms with Gasteiger partial charge in [-0.25, -0.2) is 14.8 Å². The van der Waals surface area contributed by atoms with E-state index in [2.05, 4.69) is 5.32 Å². The number of nitrogens with one attached hydrogen (secondary N) is 1. The van der Waals surface area contributed by atoms with E-state index >= 15 is 0 Å². The lowest BCUT2D eigenvalue weighted by Gasteiger charge is -2.14. The lowest BCUT2D eigenvalue weighted by atomic mass is 10.0. The average Bonchev–Trinajstić information content (AvgIpc) is 2.94. The number of benzene rings is 4. The van der Waals surface area contributed by atoms with Crippen molar-refractivity contribution in [3.05, 3.63) is 113 Å². The number of carbonyl (C=O) groups excluding carboxylic acids is 2. The Balaban J connectivity index is 1.41. The molecule has 0 aliphatic rings. The van der Waals surface area contributed by atoms with Crippen molar-refractivity contribution in [2.24, 2.45) is 0 Å². The third-order valence-corrected chi connectivity index (χ3v) is 6.57. The Morgan fingerprint density at radius 1 is 0.737 bits per heavy atom. The van der Waals surface area contributed by atoms with Crippen molar-refractivity contribution in [1.82, 2.24) is 9.97 Å². The van der Waals surface area contributed by atoms with Crippen LogP contribution in [0, 0.1) is 0 Å². The maximum atomic E-state index is 12.9. The predicted molar refractivity (Wildman–Crippen MR) is 150 cm³/mol. The van der Waals surface area contributed by atoms with Gasteiger partial charge in [0.1, 0.15) is 0 Å². The molecule has 38 heavy (non-hydrogen) atoms. The Bertz CT molecular complexity index is 1640. The summed E-state index contributed by atoms with van der Waals surface area (Å²) in [4.78, 5) is 35.2. The van der Waals surface area contributed by atoms with Gasteiger partial charge in [0.2, 0.25) is 0 Å². The number of esters is 1. The molecule has 1 N–H and O–H groups in total. The first-order chi connectivity index (χ1) is 18.4. The summed E-state index contributed by atoms with van der Waals surface area (Å²) < 4.78 is 5.42. The van der Waals surface area contributed by atoms with E-state index in [1.165, 1.54) is 13.0 Å². The molecule has 4 aromatic carbocycles. The summed E-state index contributed by atoms with van der Waals surface area (Å²) in [7, 11) is 0. The molecule has 0 aliphatic carbocycles. The molecule has 0 fully saturated rings. The van der Waals surface area contributed by atoms with E-state index in [0.717, 1.165) is 16.8 Å². The Morgan fingerprint density at radius 2 is 1.34 bits per heavy atom. The van der Waals surface area contributed by atoms with E-state index in [1.807, 2.05) is 60.7 Å². The highest BCUT2D eigenvalue weighted by molar-refractivity contribution is 6.42. The molecule has 0 radical (unpaired) electrons. The van der Waals surface area contributed by atoms with E-state index < -0.39 is 18.0 Å². The van der Waals surface area contributed by atoms with Crippen molar-refractivity contribution in [1.29, 1.82) is 0 Å². The van der Waals surface area contributed by atoms with Crippen LogP contribution in [0.1, 0.15) is 17.3 Å². The van der Waals surface area contributed by atoms with Gasteiger partial charge >= 0.3 is 5.97 Å². The summed E-state index contributed by atoms with van der Waals surface area (Å²) in [5.74, 6) is -1.16. The summed E-state index contributed by atoms with van der Waals surface area (Å²) in [6.45, 7) is 1.49. The zero-order valence-electron chi connectivity index (χ0n) is 20.2. The molecule has 0 spiro atoms. The molecule has 8 heteroatoms. The smallest absolute Gasteiger partial charge is 0.338 e. The highest BCUT2D eigenvalue weighted by Crippen LogP contribution is 2.31. The van der Waals surface area contributed by atoms with Crippen LogP contribution >= 0.6 is 23.2 Å². The number of carbonyl (C=O) groups is 2. The van der Waals surface area contributed by atoms with E-state index in [9.17, 15) is 9.59 Å². The number of anilines is 1. The molecule has 1 amide bonds. The molecule has 5 aromatic rings. The standard InChI is InChI=1S/C30H21Cl2N3O3/c1-18(29(36)33-22-13-14-23(31)24(32)17-22)38-30(37)21-12-15-25-26(16-21)35-28(20-10-6-3-7-11-20)27(34-25)19-8-4-2-5-9-19/h2-18H,1H3,(H,33,36). The number of ether oxygens (including phenoxy) is 1. The van der Waals surface area contributed by atoms with Gasteiger partial charge in [-0.3, -0.25) is 4.79 Å². The molecular weight excluding hydrogens is 521 g/mol. The first-order valence-corrected chi connectivity index (χ1v) is 12.5. The van der Waals surface area contributed by atoms with Crippen molar-refractivity contribution in [2.75, 3.05) is 5.32 Å². The molecule has 0 bridgehead atoms. The Morgan fingerprint density at radius 3 is 1.95 bits per heavy atom. The van der Waals surface area contributed by atoms with Gasteiger partial charge in [0, 0.05) is 16.8 Å². The maximum absolute atomic E-state index is 12.9. The number of fused-ring (bicyclic) bond motifs is 1. The predicted octanol–water partition coefficient (Wildman–Crippen LogP) is 7.45. The summed E-state index contributed by atoms with van der Waals surface area (Å²) in [6, 6.07) is 29.2. The first kappa shape index (κ1) is 25.4. The van der Waals surface area contributed by atoms with Gasteiger partial charge in [0.05, 0.1) is 38.0 Å². The number of hydrogen-bond acceptors (Lipinski definition) is 5. The van der Waals surface area contributed by atoms with Crippen molar-refractivity contribution in [3.8, 4) is 22.5 Å². The first-order valence-electron chi connectivity index (χ1n) is 11.8. The van der Waals surface area contributed by atoms with Gasteiger partial charge in [0.15, 0.2) is 6.10 Å². The van der Waals surface area contributed by atoms with Gasteiger partial charge in [-0.05, 0) is 43.3 Å². The van der Waals surface area contributed by atoms with Crippen LogP contribution in [0.25, 0.3) is 33.5 Å². The quantitative estimate of drug-likeness (QED) is 0.225. The van der Waals surface area contributed by atoms with Crippen LogP contribution in [0.4, 0.5) is 5.69 Å². The average molecular weight is 542 g/mol. The lowest BCUT2D eigenvalue weighted by Crippen LogP contribution is -2.30. The molecule has 0 saturated carbocycles. The van der Waals surface area contributed by atoms with E-state index in [4.69, 9.17) is 37.9 Å². The second kappa shape index (κ2) is 11.0. The van der Waals surface area contributed by atoms with Crippen molar-refractivity contribution in [2.45, 2.75) is 13.0 Å². The second-order valence-corrected chi connectivity index (χ2v) is 9.34. The minimum Gasteiger partial charge on any atom is -0.449 e. The van der Waals surface area contributed by atoms with E-state index in [0.29, 0.717) is 32.5 Å². The summed E-state index contributed by atoms with van der Waals surface area (Å²) in [5, 5.41) is 3.33. The fourth-order valence-corrected chi connectivity index (χ4v) is 4.17. The lowest BCUT2D eigenvalue weighted by molar-refractivity contribution is -0.123. The van der Waals surface area contributed by atoms with Crippen LogP contribution in [-0.2, 0) is 9.53 Å². The molecule has 1 heterocycles. The number of rotatable bonds is 6. The Hall–Kier alpha value is -4.26. The van der Waals surface area contributed by atoms with Crippen LogP contribution in [-0.4, -0.2) is 27.9 Å². The zero-order valence-corrected chi connectivity index (χ0v) is 21.7. The van der Waals surface area contributed by atoms with Crippen LogP contribution in [0.15, 0.2) is 97.1 Å². The van der Waals surface area contributed by atoms with E-state index in [-0.39, 0.29) is 5.56 Å². The van der Waals surface area contributed by atoms with Gasteiger partial charge < -0.3 is 10.1 Å². The van der Waals surface area contributed by atoms with Gasteiger partial charge in [-0.1, -0.05) is 83.9 Å². The van der Waals surface area contributed by atoms with Gasteiger partial charge in [-0.15, -0.1) is 0 Å². The summed E-state index contributed by atoms with van der Waals surface area (Å²) >= 11 is 11.9.